The number of nitro groups is 1. The first-order chi connectivity index (χ1) is 25.5. The summed E-state index contributed by atoms with van der Waals surface area (Å²) in [6, 6.07) is 17.2. The average Bonchev–Trinajstić information content (AvgIpc) is 3.16. The molecule has 0 fully saturated rings. The quantitative estimate of drug-likeness (QED) is 0.0632. The number of nitro benzene ring substituents is 1. The van der Waals surface area contributed by atoms with Crippen LogP contribution in [0.4, 0.5) is 11.4 Å². The Bertz CT molecular complexity index is 2120. The smallest absolute Gasteiger partial charge is 0.744 e. The van der Waals surface area contributed by atoms with Gasteiger partial charge in [0.15, 0.2) is 0 Å². The van der Waals surface area contributed by atoms with Crippen LogP contribution in [-0.4, -0.2) is 95.0 Å². The van der Waals surface area contributed by atoms with Crippen molar-refractivity contribution in [3.8, 4) is 0 Å². The summed E-state index contributed by atoms with van der Waals surface area (Å²) >= 11 is 8.87. The van der Waals surface area contributed by atoms with Gasteiger partial charge in [-0.25, -0.2) is 8.42 Å². The molecular formula is C30H31Br3N7NaO12S2. The molecular weight excluding hydrogens is 977 g/mol. The first kappa shape index (κ1) is 53.9. The number of halogens is 3. The number of benzene rings is 1. The number of nitrogens with zero attached hydrogens (tertiary/aromatic N) is 6. The molecule has 25 heteroatoms. The summed E-state index contributed by atoms with van der Waals surface area (Å²) in [4.78, 5) is 28.9. The van der Waals surface area contributed by atoms with Crippen molar-refractivity contribution in [1.29, 1.82) is 0 Å². The zero-order valence-electron chi connectivity index (χ0n) is 28.3. The van der Waals surface area contributed by atoms with Crippen LogP contribution in [0.2, 0.25) is 0 Å². The van der Waals surface area contributed by atoms with Crippen LogP contribution in [0.1, 0.15) is 0 Å². The molecule has 1 aromatic carbocycles. The number of non-ortho nitro benzene ring substituents is 1. The zero-order chi connectivity index (χ0) is 41.2. The molecule has 0 saturated carbocycles. The molecule has 0 radical (unpaired) electrons. The van der Waals surface area contributed by atoms with E-state index in [1.807, 2.05) is 36.5 Å². The van der Waals surface area contributed by atoms with E-state index >= 15 is 0 Å². The SMILES string of the molecule is BrBr.Brc1cncc2cccnc12.Nc1ccncc1.O=S(=O)(O)O.O=[N+]([O-])c1cccc(S(=O)(=O)[O-])c1.OCC(O)CO.[Na+].c1cnc2ccncc2c1. The predicted molar refractivity (Wildman–Crippen MR) is 209 cm³/mol. The summed E-state index contributed by atoms with van der Waals surface area (Å²) in [7, 11) is -9.28. The van der Waals surface area contributed by atoms with Crippen molar-refractivity contribution < 1.29 is 80.3 Å². The van der Waals surface area contributed by atoms with Gasteiger partial charge in [0.1, 0.15) is 16.2 Å². The van der Waals surface area contributed by atoms with Crippen LogP contribution in [0, 0.1) is 10.1 Å². The Morgan fingerprint density at radius 2 is 1.29 bits per heavy atom. The molecule has 6 rings (SSSR count). The Morgan fingerprint density at radius 1 is 0.764 bits per heavy atom. The zero-order valence-corrected chi connectivity index (χ0v) is 36.7. The van der Waals surface area contributed by atoms with Crippen molar-refractivity contribution in [1.82, 2.24) is 24.9 Å². The van der Waals surface area contributed by atoms with E-state index in [0.29, 0.717) is 0 Å². The second-order valence-electron chi connectivity index (χ2n) is 9.22. The fraction of sp³-hybridized carbons (Fsp3) is 0.100. The minimum Gasteiger partial charge on any atom is -0.744 e. The van der Waals surface area contributed by atoms with Gasteiger partial charge in [0.25, 0.3) is 5.69 Å². The van der Waals surface area contributed by atoms with Gasteiger partial charge in [0.2, 0.25) is 0 Å². The monoisotopic (exact) mass is 1000 g/mol. The van der Waals surface area contributed by atoms with Crippen LogP contribution in [0.15, 0.2) is 126 Å². The standard InChI is InChI=1S/C8H5BrN2.C8H6N2.C6H5NO5S.C5H6N2.C3H8O3.Br2.Na.H2O4S/c9-7-5-10-4-6-2-1-3-11-8(6)7;1-2-7-6-9-5-3-8(7)10-4-1;8-7(9)5-2-1-3-6(4-5)13(10,11)12;6-5-1-3-7-4-2-5;4-1-3(6)2-5;1-2;;1-5(2,3)4/h1-5H;1-6H;1-4H,(H,10,11,12);1-4H,(H2,6,7);3-6H,1-2H2;;;(H2,1,2,3,4)/q;;;;;;+1;/p-1. The normalized spacial score (nSPS) is 9.85. The maximum Gasteiger partial charge on any atom is 1.00 e. The number of rotatable bonds is 4. The molecule has 5 heterocycles. The van der Waals surface area contributed by atoms with Gasteiger partial charge in [-0.1, -0.05) is 6.07 Å². The number of anilines is 1. The van der Waals surface area contributed by atoms with Crippen molar-refractivity contribution in [3.05, 3.63) is 131 Å². The Morgan fingerprint density at radius 3 is 1.75 bits per heavy atom. The number of aliphatic hydroxyl groups is 3. The molecule has 0 spiro atoms. The molecule has 0 amide bonds. The molecule has 6 aromatic rings. The molecule has 0 saturated heterocycles. The fourth-order valence-electron chi connectivity index (χ4n) is 3.05. The number of fused-ring (bicyclic) bond motifs is 2. The first-order valence-electron chi connectivity index (χ1n) is 14.0. The number of nitrogen functional groups attached to an aromatic ring is 1. The van der Waals surface area contributed by atoms with Gasteiger partial charge >= 0.3 is 40.0 Å². The van der Waals surface area contributed by atoms with Gasteiger partial charge in [0, 0.05) is 106 Å². The van der Waals surface area contributed by atoms with Gasteiger partial charge < -0.3 is 25.6 Å². The maximum absolute atomic E-state index is 10.4. The maximum atomic E-state index is 10.4. The van der Waals surface area contributed by atoms with E-state index in [1.165, 1.54) is 0 Å². The van der Waals surface area contributed by atoms with E-state index in [1.54, 1.807) is 55.5 Å². The Balaban J connectivity index is 0. The third-order valence-electron chi connectivity index (χ3n) is 5.31. The van der Waals surface area contributed by atoms with Crippen LogP contribution in [0.5, 0.6) is 0 Å². The van der Waals surface area contributed by atoms with Crippen molar-refractivity contribution in [2.24, 2.45) is 0 Å². The van der Waals surface area contributed by atoms with Crippen LogP contribution < -0.4 is 35.3 Å². The Kier molecular flexibility index (Phi) is 29.4. The third kappa shape index (κ3) is 26.3. The summed E-state index contributed by atoms with van der Waals surface area (Å²) in [6.07, 6.45) is 13.0. The molecule has 55 heavy (non-hydrogen) atoms. The summed E-state index contributed by atoms with van der Waals surface area (Å²) in [6.45, 7) is -0.729. The number of hydrogen-bond donors (Lipinski definition) is 6. The summed E-state index contributed by atoms with van der Waals surface area (Å²) in [5, 5.41) is 36.4. The van der Waals surface area contributed by atoms with E-state index in [4.69, 9.17) is 38.6 Å². The van der Waals surface area contributed by atoms with Crippen LogP contribution in [0.25, 0.3) is 21.8 Å². The van der Waals surface area contributed by atoms with E-state index in [9.17, 15) is 23.1 Å². The summed E-state index contributed by atoms with van der Waals surface area (Å²) < 4.78 is 63.8. The van der Waals surface area contributed by atoms with E-state index in [2.05, 4.69) is 69.1 Å². The van der Waals surface area contributed by atoms with Crippen molar-refractivity contribution in [3.63, 3.8) is 0 Å². The number of aromatic nitrogens is 5. The van der Waals surface area contributed by atoms with Gasteiger partial charge in [-0.05, 0) is 64.5 Å². The van der Waals surface area contributed by atoms with Crippen molar-refractivity contribution in [2.75, 3.05) is 18.9 Å². The largest absolute Gasteiger partial charge is 1.00 e. The number of aliphatic hydroxyl groups excluding tert-OH is 3. The van der Waals surface area contributed by atoms with Crippen molar-refractivity contribution in [2.45, 2.75) is 11.0 Å². The predicted octanol–water partition coefficient (Wildman–Crippen LogP) is 1.56. The van der Waals surface area contributed by atoms with E-state index < -0.39 is 42.1 Å². The molecule has 0 bridgehead atoms. The molecule has 5 aromatic heterocycles. The minimum atomic E-state index is -4.67. The number of hydrogen-bond acceptors (Lipinski definition) is 16. The third-order valence-corrected chi connectivity index (χ3v) is 6.73. The molecule has 19 nitrogen and oxygen atoms in total. The van der Waals surface area contributed by atoms with Gasteiger partial charge in [0.05, 0.1) is 38.5 Å². The molecule has 292 valence electrons. The second kappa shape index (κ2) is 30.0. The van der Waals surface area contributed by atoms with E-state index in [0.717, 1.165) is 56.2 Å². The van der Waals surface area contributed by atoms with Crippen LogP contribution in [0.3, 0.4) is 0 Å². The Hall–Kier alpha value is -3.21. The van der Waals surface area contributed by atoms with E-state index in [-0.39, 0.29) is 42.8 Å². The molecule has 0 unspecified atom stereocenters. The Labute approximate surface area is 360 Å². The minimum absolute atomic E-state index is 0. The second-order valence-corrected chi connectivity index (χ2v) is 12.4. The van der Waals surface area contributed by atoms with Crippen LogP contribution >= 0.6 is 44.2 Å². The van der Waals surface area contributed by atoms with Crippen LogP contribution in [-0.2, 0) is 20.5 Å². The molecule has 0 aliphatic heterocycles. The molecule has 0 aliphatic rings. The molecule has 0 atom stereocenters. The van der Waals surface area contributed by atoms with Gasteiger partial charge in [-0.3, -0.25) is 44.1 Å². The molecule has 7 N–H and O–H groups in total. The summed E-state index contributed by atoms with van der Waals surface area (Å²) in [5.74, 6) is 0. The number of pyridine rings is 5. The first-order valence-corrected chi connectivity index (χ1v) is 21.4. The van der Waals surface area contributed by atoms with Crippen molar-refractivity contribution >= 4 is 97.9 Å². The topological polar surface area (TPSA) is 326 Å². The molecule has 0 aliphatic carbocycles. The average molecular weight is 1010 g/mol. The summed E-state index contributed by atoms with van der Waals surface area (Å²) in [5.41, 5.74) is 7.62. The fourth-order valence-corrected chi connectivity index (χ4v) is 4.01. The van der Waals surface area contributed by atoms with Gasteiger partial charge in [-0.15, -0.1) is 0 Å². The van der Waals surface area contributed by atoms with Gasteiger partial charge in [-0.2, -0.15) is 8.42 Å². The number of nitrogens with two attached hydrogens (primary N) is 1.